The van der Waals surface area contributed by atoms with Crippen LogP contribution in [-0.4, -0.2) is 28.6 Å². The molecule has 0 unspecified atom stereocenters. The molecule has 4 aromatic rings. The summed E-state index contributed by atoms with van der Waals surface area (Å²) in [7, 11) is 0. The molecule has 1 N–H and O–H groups in total. The molecule has 3 amide bonds. The molecule has 0 bridgehead atoms. The van der Waals surface area contributed by atoms with E-state index in [1.807, 2.05) is 42.5 Å². The zero-order valence-electron chi connectivity index (χ0n) is 19.8. The largest absolute Gasteiger partial charge is 0.482 e. The number of nitrogens with zero attached hydrogens (tertiary/aromatic N) is 1. The van der Waals surface area contributed by atoms with Crippen LogP contribution in [0.5, 0.6) is 5.75 Å². The number of nitrogens with one attached hydrogen (secondary N) is 1. The third-order valence-corrected chi connectivity index (χ3v) is 7.32. The van der Waals surface area contributed by atoms with Crippen molar-refractivity contribution in [2.75, 3.05) is 11.9 Å². The smallest absolute Gasteiger partial charge is 0.293 e. The lowest BCUT2D eigenvalue weighted by molar-refractivity contribution is -0.123. The van der Waals surface area contributed by atoms with Crippen LogP contribution in [0.3, 0.4) is 0 Å². The van der Waals surface area contributed by atoms with Crippen LogP contribution in [0.2, 0.25) is 10.0 Å². The van der Waals surface area contributed by atoms with E-state index in [1.165, 1.54) is 4.90 Å². The maximum absolute atomic E-state index is 13.0. The maximum Gasteiger partial charge on any atom is 0.293 e. The van der Waals surface area contributed by atoms with Crippen LogP contribution < -0.4 is 10.1 Å². The van der Waals surface area contributed by atoms with Gasteiger partial charge in [0.25, 0.3) is 17.1 Å². The van der Waals surface area contributed by atoms with Crippen molar-refractivity contribution in [3.8, 4) is 5.75 Å². The molecule has 9 heteroatoms. The van der Waals surface area contributed by atoms with Gasteiger partial charge in [-0.25, -0.2) is 0 Å². The number of hydrogen-bond donors (Lipinski definition) is 1. The highest BCUT2D eigenvalue weighted by Crippen LogP contribution is 2.35. The standard InChI is InChI=1S/C29H20Cl2N2O4S/c30-22-7-3-4-8-24(22)32-27(34)17-37-25-12-10-18(14-23(25)31)15-26-28(35)33(29(36)38-26)16-19-9-11-20-5-1-2-6-21(20)13-19/h1-15H,16-17H2,(H,32,34)/b26-15-. The van der Waals surface area contributed by atoms with Crippen molar-refractivity contribution >= 4 is 74.6 Å². The summed E-state index contributed by atoms with van der Waals surface area (Å²) in [5, 5.41) is 5.17. The first-order valence-corrected chi connectivity index (χ1v) is 13.1. The highest BCUT2D eigenvalue weighted by molar-refractivity contribution is 8.18. The van der Waals surface area contributed by atoms with Crippen molar-refractivity contribution in [2.45, 2.75) is 6.54 Å². The Morgan fingerprint density at radius 2 is 1.66 bits per heavy atom. The van der Waals surface area contributed by atoms with Gasteiger partial charge in [-0.2, -0.15) is 0 Å². The fourth-order valence-electron chi connectivity index (χ4n) is 3.92. The van der Waals surface area contributed by atoms with Crippen molar-refractivity contribution < 1.29 is 19.1 Å². The average Bonchev–Trinajstić information content (AvgIpc) is 3.16. The summed E-state index contributed by atoms with van der Waals surface area (Å²) in [5.41, 5.74) is 1.98. The summed E-state index contributed by atoms with van der Waals surface area (Å²) < 4.78 is 5.55. The lowest BCUT2D eigenvalue weighted by Gasteiger charge is -2.13. The Kier molecular flexibility index (Phi) is 7.69. The summed E-state index contributed by atoms with van der Waals surface area (Å²) in [6.45, 7) is -0.0748. The van der Waals surface area contributed by atoms with Crippen LogP contribution in [0.15, 0.2) is 89.8 Å². The fourth-order valence-corrected chi connectivity index (χ4v) is 5.19. The van der Waals surface area contributed by atoms with E-state index in [0.717, 1.165) is 28.1 Å². The van der Waals surface area contributed by atoms with Gasteiger partial charge in [0.2, 0.25) is 0 Å². The van der Waals surface area contributed by atoms with Crippen LogP contribution >= 0.6 is 35.0 Å². The van der Waals surface area contributed by atoms with E-state index in [0.29, 0.717) is 26.9 Å². The van der Waals surface area contributed by atoms with Crippen molar-refractivity contribution in [3.05, 3.63) is 111 Å². The summed E-state index contributed by atoms with van der Waals surface area (Å²) in [4.78, 5) is 39.4. The summed E-state index contributed by atoms with van der Waals surface area (Å²) in [5.74, 6) is -0.443. The number of carbonyl (C=O) groups is 3. The Morgan fingerprint density at radius 3 is 2.45 bits per heavy atom. The van der Waals surface area contributed by atoms with Crippen LogP contribution in [0, 0.1) is 0 Å². The van der Waals surface area contributed by atoms with Crippen molar-refractivity contribution in [1.29, 1.82) is 0 Å². The van der Waals surface area contributed by atoms with E-state index < -0.39 is 5.91 Å². The number of ether oxygens (including phenoxy) is 1. The number of rotatable bonds is 7. The lowest BCUT2D eigenvalue weighted by Crippen LogP contribution is -2.27. The number of carbonyl (C=O) groups excluding carboxylic acids is 3. The van der Waals surface area contributed by atoms with Crippen LogP contribution in [-0.2, 0) is 16.1 Å². The number of para-hydroxylation sites is 1. The van der Waals surface area contributed by atoms with Gasteiger partial charge < -0.3 is 10.1 Å². The van der Waals surface area contributed by atoms with E-state index in [4.69, 9.17) is 27.9 Å². The number of fused-ring (bicyclic) bond motifs is 1. The zero-order valence-corrected chi connectivity index (χ0v) is 22.1. The van der Waals surface area contributed by atoms with E-state index >= 15 is 0 Å². The molecule has 1 fully saturated rings. The van der Waals surface area contributed by atoms with E-state index in [9.17, 15) is 14.4 Å². The Morgan fingerprint density at radius 1 is 0.895 bits per heavy atom. The monoisotopic (exact) mass is 562 g/mol. The molecule has 6 nitrogen and oxygen atoms in total. The molecule has 38 heavy (non-hydrogen) atoms. The molecule has 1 saturated heterocycles. The van der Waals surface area contributed by atoms with Crippen molar-refractivity contribution in [1.82, 2.24) is 4.90 Å². The molecular weight excluding hydrogens is 543 g/mol. The molecule has 5 rings (SSSR count). The van der Waals surface area contributed by atoms with Crippen LogP contribution in [0.1, 0.15) is 11.1 Å². The van der Waals surface area contributed by atoms with Gasteiger partial charge in [-0.1, -0.05) is 77.8 Å². The molecule has 0 saturated carbocycles. The number of halogens is 2. The predicted molar refractivity (Wildman–Crippen MR) is 152 cm³/mol. The Labute approximate surface area is 233 Å². The van der Waals surface area contributed by atoms with Gasteiger partial charge in [0.05, 0.1) is 27.2 Å². The topological polar surface area (TPSA) is 75.7 Å². The van der Waals surface area contributed by atoms with Gasteiger partial charge in [-0.3, -0.25) is 19.3 Å². The number of imide groups is 1. The Balaban J connectivity index is 1.23. The molecular formula is C29H20Cl2N2O4S. The summed E-state index contributed by atoms with van der Waals surface area (Å²) in [6.07, 6.45) is 1.62. The molecule has 190 valence electrons. The quantitative estimate of drug-likeness (QED) is 0.237. The normalized spacial score (nSPS) is 14.4. The molecule has 4 aromatic carbocycles. The van der Waals surface area contributed by atoms with Gasteiger partial charge >= 0.3 is 0 Å². The van der Waals surface area contributed by atoms with E-state index in [1.54, 1.807) is 48.5 Å². The Bertz CT molecular complexity index is 1600. The minimum Gasteiger partial charge on any atom is -0.482 e. The second-order valence-electron chi connectivity index (χ2n) is 8.46. The number of thioether (sulfide) groups is 1. The Hall–Kier alpha value is -3.78. The second kappa shape index (κ2) is 11.3. The van der Waals surface area contributed by atoms with Gasteiger partial charge in [-0.15, -0.1) is 0 Å². The van der Waals surface area contributed by atoms with Gasteiger partial charge in [0.1, 0.15) is 5.75 Å². The first kappa shape index (κ1) is 25.9. The van der Waals surface area contributed by atoms with Crippen LogP contribution in [0.25, 0.3) is 16.8 Å². The highest BCUT2D eigenvalue weighted by atomic mass is 35.5. The van der Waals surface area contributed by atoms with Crippen molar-refractivity contribution in [2.24, 2.45) is 0 Å². The van der Waals surface area contributed by atoms with Crippen molar-refractivity contribution in [3.63, 3.8) is 0 Å². The van der Waals surface area contributed by atoms with E-state index in [-0.39, 0.29) is 29.3 Å². The summed E-state index contributed by atoms with van der Waals surface area (Å²) in [6, 6.07) is 25.6. The van der Waals surface area contributed by atoms with Gasteiger partial charge in [0, 0.05) is 0 Å². The second-order valence-corrected chi connectivity index (χ2v) is 10.3. The highest BCUT2D eigenvalue weighted by Gasteiger charge is 2.35. The first-order valence-electron chi connectivity index (χ1n) is 11.6. The average molecular weight is 563 g/mol. The molecule has 1 aliphatic heterocycles. The number of hydrogen-bond acceptors (Lipinski definition) is 5. The lowest BCUT2D eigenvalue weighted by atomic mass is 10.1. The zero-order chi connectivity index (χ0) is 26.6. The number of benzene rings is 4. The molecule has 0 aromatic heterocycles. The number of anilines is 1. The minimum absolute atomic E-state index is 0.191. The molecule has 0 aliphatic carbocycles. The molecule has 1 aliphatic rings. The molecule has 1 heterocycles. The number of amides is 3. The fraction of sp³-hybridized carbons (Fsp3) is 0.0690. The van der Waals surface area contributed by atoms with Crippen LogP contribution in [0.4, 0.5) is 10.5 Å². The SMILES string of the molecule is O=C(COc1ccc(/C=C2\SC(=O)N(Cc3ccc4ccccc4c3)C2=O)cc1Cl)Nc1ccccc1Cl. The first-order chi connectivity index (χ1) is 18.4. The maximum atomic E-state index is 13.0. The van der Waals surface area contributed by atoms with E-state index in [2.05, 4.69) is 5.32 Å². The molecule has 0 atom stereocenters. The molecule has 0 spiro atoms. The third-order valence-electron chi connectivity index (χ3n) is 5.79. The summed E-state index contributed by atoms with van der Waals surface area (Å²) >= 11 is 13.3. The predicted octanol–water partition coefficient (Wildman–Crippen LogP) is 7.40. The molecule has 0 radical (unpaired) electrons. The van der Waals surface area contributed by atoms with Gasteiger partial charge in [-0.05, 0) is 70.1 Å². The third kappa shape index (κ3) is 5.86. The minimum atomic E-state index is -0.390. The van der Waals surface area contributed by atoms with Gasteiger partial charge in [0.15, 0.2) is 6.61 Å².